The molecule has 0 unspecified atom stereocenters. The Bertz CT molecular complexity index is 8.00. The standard InChI is InChI=1S/Ba.Nb.O.Zn.2H. The fourth-order valence-electron chi connectivity index (χ4n) is 0. The molecule has 0 aliphatic rings. The van der Waals surface area contributed by atoms with Crippen molar-refractivity contribution in [2.45, 2.75) is 0 Å². The summed E-state index contributed by atoms with van der Waals surface area (Å²) in [5.74, 6) is 0. The van der Waals surface area contributed by atoms with E-state index in [4.69, 9.17) is 3.25 Å². The van der Waals surface area contributed by atoms with E-state index in [9.17, 15) is 0 Å². The van der Waals surface area contributed by atoms with Gasteiger partial charge in [-0.05, 0) is 0 Å². The van der Waals surface area contributed by atoms with E-state index in [0.29, 0.717) is 21.0 Å². The van der Waals surface area contributed by atoms with Crippen molar-refractivity contribution >= 4 is 48.9 Å². The van der Waals surface area contributed by atoms with Gasteiger partial charge in [-0.25, -0.2) is 0 Å². The van der Waals surface area contributed by atoms with Gasteiger partial charge in [-0.3, -0.25) is 0 Å². The zero-order valence-electron chi connectivity index (χ0n) is 1.56. The van der Waals surface area contributed by atoms with Gasteiger partial charge in [0.15, 0.2) is 0 Å². The fraction of sp³-hybridized carbons (Fsp3) is 0. The molecule has 0 bridgehead atoms. The molecule has 0 aliphatic carbocycles. The molecule has 0 aromatic heterocycles. The molecule has 0 aromatic rings. The van der Waals surface area contributed by atoms with Crippen LogP contribution in [0.15, 0.2) is 0 Å². The van der Waals surface area contributed by atoms with Gasteiger partial charge in [0.05, 0.1) is 0 Å². The summed E-state index contributed by atoms with van der Waals surface area (Å²) in [6, 6.07) is 0. The Morgan fingerprint density at radius 2 is 1.25 bits per heavy atom. The average Bonchev–Trinajstić information content (AvgIpc) is 1.00. The Kier molecular flexibility index (Phi) is 68.2. The van der Waals surface area contributed by atoms with E-state index in [2.05, 4.69) is 0 Å². The summed E-state index contributed by atoms with van der Waals surface area (Å²) in [7, 11) is 0. The molecule has 0 heterocycles. The fourth-order valence-corrected chi connectivity index (χ4v) is 0. The summed E-state index contributed by atoms with van der Waals surface area (Å²) in [5.41, 5.74) is 0. The summed E-state index contributed by atoms with van der Waals surface area (Å²) >= 11 is 0.500. The van der Waals surface area contributed by atoms with Crippen LogP contribution in [0.25, 0.3) is 0 Å². The third-order valence-electron chi connectivity index (χ3n) is 0. The van der Waals surface area contributed by atoms with Crippen molar-refractivity contribution in [1.82, 2.24) is 0 Å². The van der Waals surface area contributed by atoms with Crippen molar-refractivity contribution in [3.8, 4) is 0 Å². The molecule has 0 atom stereocenters. The Morgan fingerprint density at radius 1 is 1.25 bits per heavy atom. The van der Waals surface area contributed by atoms with Crippen LogP contribution in [0.5, 0.6) is 0 Å². The third kappa shape index (κ3) is 8.83. The third-order valence-corrected chi connectivity index (χ3v) is 0. The zero-order chi connectivity index (χ0) is 2.00. The molecule has 0 aromatic carbocycles. The normalized spacial score (nSPS) is 0.750. The molecular formula is H2BaNbOZn. The Morgan fingerprint density at radius 3 is 1.25 bits per heavy atom. The van der Waals surface area contributed by atoms with Crippen LogP contribution in [0.3, 0.4) is 0 Å². The average molecular weight is 314 g/mol. The van der Waals surface area contributed by atoms with E-state index >= 15 is 0 Å². The second-order valence-electron chi connectivity index (χ2n) is 0. The van der Waals surface area contributed by atoms with Gasteiger partial charge in [0.2, 0.25) is 0 Å². The van der Waals surface area contributed by atoms with Gasteiger partial charge < -0.3 is 0 Å². The molecule has 0 amide bonds. The molecule has 0 rings (SSSR count). The molecule has 4 heavy (non-hydrogen) atoms. The summed E-state index contributed by atoms with van der Waals surface area (Å²) in [6.07, 6.45) is 0. The van der Waals surface area contributed by atoms with Gasteiger partial charge in [0.25, 0.3) is 0 Å². The zero-order valence-corrected chi connectivity index (χ0v) is 6.73. The largest absolute Gasteiger partial charge is 0 e. The maximum absolute atomic E-state index is 8.30. The minimum absolute atomic E-state index is 0. The quantitative estimate of drug-likeness (QED) is 0.522. The van der Waals surface area contributed by atoms with Crippen molar-refractivity contribution in [1.29, 1.82) is 0 Å². The monoisotopic (exact) mass is 313 g/mol. The molecule has 0 radical (unpaired) electrons. The van der Waals surface area contributed by atoms with Crippen LogP contribution in [0.2, 0.25) is 0 Å². The first-order chi connectivity index (χ1) is 1.00. The molecule has 0 fully saturated rings. The van der Waals surface area contributed by atoms with E-state index < -0.39 is 0 Å². The van der Waals surface area contributed by atoms with E-state index in [1.54, 1.807) is 0 Å². The molecule has 0 spiro atoms. The number of rotatable bonds is 0. The van der Waals surface area contributed by atoms with Crippen LogP contribution in [-0.4, -0.2) is 48.9 Å². The second-order valence-corrected chi connectivity index (χ2v) is 0. The van der Waals surface area contributed by atoms with Crippen LogP contribution in [0.1, 0.15) is 0 Å². The van der Waals surface area contributed by atoms with E-state index in [-0.39, 0.29) is 68.4 Å². The van der Waals surface area contributed by atoms with Gasteiger partial charge in [-0.1, -0.05) is 0 Å². The summed E-state index contributed by atoms with van der Waals surface area (Å²) in [4.78, 5) is 0. The van der Waals surface area contributed by atoms with E-state index in [0.717, 1.165) is 0 Å². The van der Waals surface area contributed by atoms with Crippen molar-refractivity contribution in [2.24, 2.45) is 0 Å². The molecule has 17 valence electrons. The number of hydrogen-bond donors (Lipinski definition) is 0. The van der Waals surface area contributed by atoms with E-state index in [1.807, 2.05) is 0 Å². The molecule has 0 saturated carbocycles. The summed E-state index contributed by atoms with van der Waals surface area (Å²) < 4.78 is 8.30. The predicted molar refractivity (Wildman–Crippen MR) is 9.23 cm³/mol. The number of hydrogen-bond acceptors (Lipinski definition) is 1. The van der Waals surface area contributed by atoms with Crippen LogP contribution in [0.4, 0.5) is 0 Å². The topological polar surface area (TPSA) is 17.1 Å². The molecule has 0 N–H and O–H groups in total. The first kappa shape index (κ1) is 15.9. The summed E-state index contributed by atoms with van der Waals surface area (Å²) in [5, 5.41) is 0. The van der Waals surface area contributed by atoms with E-state index in [1.165, 1.54) is 0 Å². The first-order valence-corrected chi connectivity index (χ1v) is 1.08. The molecule has 1 nitrogen and oxygen atoms in total. The molecule has 0 aliphatic heterocycles. The first-order valence-electron chi connectivity index (χ1n) is 0.183. The van der Waals surface area contributed by atoms with Gasteiger partial charge in [-0.2, -0.15) is 0 Å². The van der Waals surface area contributed by atoms with Crippen LogP contribution in [-0.2, 0) is 43.8 Å². The SMILES string of the molecule is [BaH2].[O]=[Nb].[Zn]. The van der Waals surface area contributed by atoms with Crippen molar-refractivity contribution in [3.05, 3.63) is 0 Å². The maximum atomic E-state index is 8.30. The van der Waals surface area contributed by atoms with Gasteiger partial charge in [0.1, 0.15) is 0 Å². The van der Waals surface area contributed by atoms with Gasteiger partial charge >= 0.3 is 73.2 Å². The van der Waals surface area contributed by atoms with Crippen molar-refractivity contribution < 1.29 is 43.8 Å². The van der Waals surface area contributed by atoms with Crippen LogP contribution in [0, 0.1) is 0 Å². The van der Waals surface area contributed by atoms with Crippen LogP contribution < -0.4 is 0 Å². The van der Waals surface area contributed by atoms with Gasteiger partial charge in [-0.15, -0.1) is 0 Å². The second kappa shape index (κ2) is 17.2. The summed E-state index contributed by atoms with van der Waals surface area (Å²) in [6.45, 7) is 0. The van der Waals surface area contributed by atoms with Crippen molar-refractivity contribution in [3.63, 3.8) is 0 Å². The smallest absolute Gasteiger partial charge is 0 e. The van der Waals surface area contributed by atoms with Crippen LogP contribution >= 0.6 is 0 Å². The predicted octanol–water partition coefficient (Wildman–Crippen LogP) is -1.04. The minimum Gasteiger partial charge on any atom is 0 e. The Balaban J connectivity index is -0.00000000500. The molecule has 0 saturated heterocycles. The van der Waals surface area contributed by atoms with Crippen molar-refractivity contribution in [2.75, 3.05) is 0 Å². The molecular weight excluding hydrogens is 312 g/mol. The Hall–Kier alpha value is 2.74. The Labute approximate surface area is 90.4 Å². The minimum atomic E-state index is 0. The molecule has 4 heteroatoms. The van der Waals surface area contributed by atoms with Gasteiger partial charge in [0, 0.05) is 19.5 Å². The maximum Gasteiger partial charge on any atom is 0 e.